The number of anilines is 1. The van der Waals surface area contributed by atoms with Crippen LogP contribution in [0.4, 0.5) is 5.69 Å². The fourth-order valence-electron chi connectivity index (χ4n) is 1.46. The van der Waals surface area contributed by atoms with Gasteiger partial charge < -0.3 is 11.1 Å². The molecule has 0 unspecified atom stereocenters. The SMILES string of the molecule is NC(=S)c1ccccc1NCc1ccncn1. The quantitative estimate of drug-likeness (QED) is 0.802. The van der Waals surface area contributed by atoms with Gasteiger partial charge in [0.05, 0.1) is 12.2 Å². The maximum absolute atomic E-state index is 5.65. The van der Waals surface area contributed by atoms with Crippen LogP contribution in [0.25, 0.3) is 0 Å². The third kappa shape index (κ3) is 2.98. The standard InChI is InChI=1S/C12H12N4S/c13-12(17)10-3-1-2-4-11(10)15-7-9-5-6-14-8-16-9/h1-6,8,15H,7H2,(H2,13,17). The first-order valence-electron chi connectivity index (χ1n) is 5.15. The number of rotatable bonds is 4. The van der Waals surface area contributed by atoms with Gasteiger partial charge in [0.25, 0.3) is 0 Å². The van der Waals surface area contributed by atoms with E-state index in [1.807, 2.05) is 30.3 Å². The molecule has 2 rings (SSSR count). The maximum Gasteiger partial charge on any atom is 0.115 e. The first kappa shape index (κ1) is 11.5. The number of para-hydroxylation sites is 1. The summed E-state index contributed by atoms with van der Waals surface area (Å²) in [6.07, 6.45) is 3.24. The summed E-state index contributed by atoms with van der Waals surface area (Å²) in [5, 5.41) is 3.25. The van der Waals surface area contributed by atoms with E-state index < -0.39 is 0 Å². The van der Waals surface area contributed by atoms with Crippen LogP contribution in [-0.4, -0.2) is 15.0 Å². The Labute approximate surface area is 105 Å². The van der Waals surface area contributed by atoms with Crippen LogP contribution in [0, 0.1) is 0 Å². The number of nitrogens with two attached hydrogens (primary N) is 1. The lowest BCUT2D eigenvalue weighted by atomic mass is 10.2. The van der Waals surface area contributed by atoms with Crippen molar-refractivity contribution in [1.29, 1.82) is 0 Å². The smallest absolute Gasteiger partial charge is 0.115 e. The van der Waals surface area contributed by atoms with Crippen LogP contribution in [0.2, 0.25) is 0 Å². The van der Waals surface area contributed by atoms with Crippen LogP contribution in [0.15, 0.2) is 42.9 Å². The Morgan fingerprint density at radius 3 is 2.82 bits per heavy atom. The molecule has 0 bridgehead atoms. The van der Waals surface area contributed by atoms with Gasteiger partial charge in [-0.3, -0.25) is 0 Å². The van der Waals surface area contributed by atoms with Crippen molar-refractivity contribution in [2.24, 2.45) is 5.73 Å². The van der Waals surface area contributed by atoms with Crippen LogP contribution in [0.1, 0.15) is 11.3 Å². The summed E-state index contributed by atoms with van der Waals surface area (Å²) in [5.41, 5.74) is 8.32. The van der Waals surface area contributed by atoms with Crippen LogP contribution in [0.5, 0.6) is 0 Å². The Bertz CT molecular complexity index is 513. The summed E-state index contributed by atoms with van der Waals surface area (Å²) in [7, 11) is 0. The van der Waals surface area contributed by atoms with Gasteiger partial charge in [-0.1, -0.05) is 24.4 Å². The lowest BCUT2D eigenvalue weighted by Crippen LogP contribution is -2.13. The summed E-state index contributed by atoms with van der Waals surface area (Å²) in [5.74, 6) is 0. The van der Waals surface area contributed by atoms with E-state index in [-0.39, 0.29) is 0 Å². The molecule has 0 saturated heterocycles. The number of nitrogens with zero attached hydrogens (tertiary/aromatic N) is 2. The van der Waals surface area contributed by atoms with Gasteiger partial charge in [-0.2, -0.15) is 0 Å². The Hall–Kier alpha value is -2.01. The van der Waals surface area contributed by atoms with Crippen LogP contribution >= 0.6 is 12.2 Å². The van der Waals surface area contributed by atoms with Gasteiger partial charge in [0, 0.05) is 17.4 Å². The van der Waals surface area contributed by atoms with Crippen molar-refractivity contribution >= 4 is 22.9 Å². The largest absolute Gasteiger partial charge is 0.389 e. The molecule has 0 aliphatic heterocycles. The zero-order valence-electron chi connectivity index (χ0n) is 9.13. The molecule has 0 spiro atoms. The maximum atomic E-state index is 5.65. The van der Waals surface area contributed by atoms with E-state index in [0.717, 1.165) is 16.9 Å². The first-order chi connectivity index (χ1) is 8.27. The Morgan fingerprint density at radius 2 is 2.12 bits per heavy atom. The molecule has 0 aliphatic rings. The molecule has 1 aromatic carbocycles. The van der Waals surface area contributed by atoms with Crippen molar-refractivity contribution < 1.29 is 0 Å². The highest BCUT2D eigenvalue weighted by atomic mass is 32.1. The first-order valence-corrected chi connectivity index (χ1v) is 5.56. The summed E-state index contributed by atoms with van der Waals surface area (Å²) in [6.45, 7) is 0.613. The van der Waals surface area contributed by atoms with E-state index >= 15 is 0 Å². The lowest BCUT2D eigenvalue weighted by molar-refractivity contribution is 1.01. The molecule has 3 N–H and O–H groups in total. The predicted molar refractivity (Wildman–Crippen MR) is 71.7 cm³/mol. The third-order valence-electron chi connectivity index (χ3n) is 2.30. The minimum atomic E-state index is 0.385. The summed E-state index contributed by atoms with van der Waals surface area (Å²) < 4.78 is 0. The fourth-order valence-corrected chi connectivity index (χ4v) is 1.64. The Balaban J connectivity index is 2.12. The average Bonchev–Trinajstić information content (AvgIpc) is 2.38. The minimum Gasteiger partial charge on any atom is -0.389 e. The molecule has 0 fully saturated rings. The van der Waals surface area contributed by atoms with Gasteiger partial charge in [-0.15, -0.1) is 0 Å². The van der Waals surface area contributed by atoms with E-state index in [0.29, 0.717) is 11.5 Å². The molecule has 5 heteroatoms. The molecule has 4 nitrogen and oxygen atoms in total. The molecular weight excluding hydrogens is 232 g/mol. The summed E-state index contributed by atoms with van der Waals surface area (Å²) in [4.78, 5) is 8.38. The van der Waals surface area contributed by atoms with Crippen molar-refractivity contribution in [2.75, 3.05) is 5.32 Å². The average molecular weight is 244 g/mol. The van der Waals surface area contributed by atoms with E-state index in [1.165, 1.54) is 6.33 Å². The van der Waals surface area contributed by atoms with E-state index in [9.17, 15) is 0 Å². The van der Waals surface area contributed by atoms with E-state index in [4.69, 9.17) is 18.0 Å². The highest BCUT2D eigenvalue weighted by Crippen LogP contribution is 2.15. The number of hydrogen-bond donors (Lipinski definition) is 2. The summed E-state index contributed by atoms with van der Waals surface area (Å²) in [6, 6.07) is 9.53. The molecule has 0 aliphatic carbocycles. The van der Waals surface area contributed by atoms with Gasteiger partial charge in [-0.05, 0) is 18.2 Å². The second kappa shape index (κ2) is 5.36. The highest BCUT2D eigenvalue weighted by molar-refractivity contribution is 7.80. The molecule has 0 radical (unpaired) electrons. The molecule has 0 saturated carbocycles. The van der Waals surface area contributed by atoms with Crippen LogP contribution in [0.3, 0.4) is 0 Å². The van der Waals surface area contributed by atoms with Crippen molar-refractivity contribution in [3.63, 3.8) is 0 Å². The summed E-state index contributed by atoms with van der Waals surface area (Å²) >= 11 is 4.99. The van der Waals surface area contributed by atoms with E-state index in [2.05, 4.69) is 15.3 Å². The molecule has 0 amide bonds. The third-order valence-corrected chi connectivity index (χ3v) is 2.52. The fraction of sp³-hybridized carbons (Fsp3) is 0.0833. The van der Waals surface area contributed by atoms with Gasteiger partial charge in [0.2, 0.25) is 0 Å². The Morgan fingerprint density at radius 1 is 1.29 bits per heavy atom. The second-order valence-corrected chi connectivity index (χ2v) is 3.90. The van der Waals surface area contributed by atoms with Crippen LogP contribution in [-0.2, 0) is 6.54 Å². The Kier molecular flexibility index (Phi) is 3.62. The predicted octanol–water partition coefficient (Wildman–Crippen LogP) is 1.72. The zero-order valence-corrected chi connectivity index (χ0v) is 9.95. The molecule has 86 valence electrons. The zero-order chi connectivity index (χ0) is 12.1. The van der Waals surface area contributed by atoms with Gasteiger partial charge in [-0.25, -0.2) is 9.97 Å². The molecule has 0 atom stereocenters. The number of hydrogen-bond acceptors (Lipinski definition) is 4. The topological polar surface area (TPSA) is 63.8 Å². The minimum absolute atomic E-state index is 0.385. The number of nitrogens with one attached hydrogen (secondary N) is 1. The van der Waals surface area contributed by atoms with Crippen molar-refractivity contribution in [3.05, 3.63) is 54.1 Å². The van der Waals surface area contributed by atoms with Crippen molar-refractivity contribution in [3.8, 4) is 0 Å². The van der Waals surface area contributed by atoms with Gasteiger partial charge in [0.15, 0.2) is 0 Å². The molecule has 1 aromatic heterocycles. The number of benzene rings is 1. The van der Waals surface area contributed by atoms with E-state index in [1.54, 1.807) is 6.20 Å². The van der Waals surface area contributed by atoms with Crippen molar-refractivity contribution in [1.82, 2.24) is 9.97 Å². The van der Waals surface area contributed by atoms with Crippen LogP contribution < -0.4 is 11.1 Å². The number of aromatic nitrogens is 2. The highest BCUT2D eigenvalue weighted by Gasteiger charge is 2.03. The molecule has 2 aromatic rings. The monoisotopic (exact) mass is 244 g/mol. The molecule has 17 heavy (non-hydrogen) atoms. The molecular formula is C12H12N4S. The number of thiocarbonyl (C=S) groups is 1. The van der Waals surface area contributed by atoms with Gasteiger partial charge >= 0.3 is 0 Å². The second-order valence-electron chi connectivity index (χ2n) is 3.46. The van der Waals surface area contributed by atoms with Crippen molar-refractivity contribution in [2.45, 2.75) is 6.54 Å². The molecule has 1 heterocycles. The lowest BCUT2D eigenvalue weighted by Gasteiger charge is -2.10. The van der Waals surface area contributed by atoms with Gasteiger partial charge in [0.1, 0.15) is 11.3 Å². The normalized spacial score (nSPS) is 9.88.